The largest absolute Gasteiger partial charge is 0.401 e. The van der Waals surface area contributed by atoms with Crippen molar-refractivity contribution in [2.75, 3.05) is 0 Å². The highest BCUT2D eigenvalue weighted by Crippen LogP contribution is 2.27. The van der Waals surface area contributed by atoms with E-state index in [0.717, 1.165) is 18.5 Å². The predicted molar refractivity (Wildman–Crippen MR) is 51.5 cm³/mol. The van der Waals surface area contributed by atoms with Gasteiger partial charge in [0.2, 0.25) is 0 Å². The van der Waals surface area contributed by atoms with Crippen molar-refractivity contribution >= 4 is 38.5 Å². The van der Waals surface area contributed by atoms with E-state index in [1.54, 1.807) is 0 Å². The Hall–Kier alpha value is 0.490. The molecule has 0 bridgehead atoms. The highest BCUT2D eigenvalue weighted by Gasteiger charge is 2.05. The predicted octanol–water partition coefficient (Wildman–Crippen LogP) is 2.66. The standard InChI is InChI=1S/C6H7BrIN/c7-4-1-2-6(9)5(8)3-4/h3H,1-2,9H2. The maximum Gasteiger partial charge on any atom is 0.0325 e. The summed E-state index contributed by atoms with van der Waals surface area (Å²) in [4.78, 5) is 0. The fraction of sp³-hybridized carbons (Fsp3) is 0.333. The molecule has 0 saturated carbocycles. The van der Waals surface area contributed by atoms with Crippen molar-refractivity contribution in [2.24, 2.45) is 5.73 Å². The van der Waals surface area contributed by atoms with Crippen LogP contribution in [0.15, 0.2) is 19.8 Å². The summed E-state index contributed by atoms with van der Waals surface area (Å²) in [6.45, 7) is 0. The lowest BCUT2D eigenvalue weighted by atomic mass is 10.1. The maximum atomic E-state index is 5.65. The molecule has 0 amide bonds. The van der Waals surface area contributed by atoms with Crippen molar-refractivity contribution < 1.29 is 0 Å². The van der Waals surface area contributed by atoms with Crippen LogP contribution in [0.3, 0.4) is 0 Å². The van der Waals surface area contributed by atoms with E-state index in [2.05, 4.69) is 44.6 Å². The second kappa shape index (κ2) is 3.05. The summed E-state index contributed by atoms with van der Waals surface area (Å²) in [5, 5.41) is 0. The van der Waals surface area contributed by atoms with Crippen LogP contribution < -0.4 is 5.73 Å². The van der Waals surface area contributed by atoms with Crippen LogP contribution in [-0.4, -0.2) is 0 Å². The van der Waals surface area contributed by atoms with Gasteiger partial charge in [0.15, 0.2) is 0 Å². The molecular formula is C6H7BrIN. The lowest BCUT2D eigenvalue weighted by Crippen LogP contribution is -2.01. The first kappa shape index (κ1) is 7.60. The molecule has 0 unspecified atom stereocenters. The highest BCUT2D eigenvalue weighted by atomic mass is 127. The Morgan fingerprint density at radius 3 is 2.67 bits per heavy atom. The van der Waals surface area contributed by atoms with Crippen molar-refractivity contribution in [3.05, 3.63) is 19.8 Å². The Kier molecular flexibility index (Phi) is 2.58. The van der Waals surface area contributed by atoms with Gasteiger partial charge in [-0.1, -0.05) is 15.9 Å². The van der Waals surface area contributed by atoms with E-state index in [-0.39, 0.29) is 0 Å². The van der Waals surface area contributed by atoms with E-state index in [1.807, 2.05) is 0 Å². The molecule has 0 fully saturated rings. The van der Waals surface area contributed by atoms with Gasteiger partial charge in [-0.25, -0.2) is 0 Å². The zero-order chi connectivity index (χ0) is 6.85. The number of nitrogens with two attached hydrogens (primary N) is 1. The number of halogens is 2. The molecular weight excluding hydrogens is 293 g/mol. The molecule has 0 aromatic rings. The summed E-state index contributed by atoms with van der Waals surface area (Å²) < 4.78 is 2.42. The molecule has 0 aromatic heterocycles. The topological polar surface area (TPSA) is 26.0 Å². The number of rotatable bonds is 0. The van der Waals surface area contributed by atoms with E-state index in [9.17, 15) is 0 Å². The molecule has 0 aliphatic heterocycles. The third-order valence-corrected chi connectivity index (χ3v) is 2.85. The van der Waals surface area contributed by atoms with Crippen LogP contribution in [-0.2, 0) is 0 Å². The van der Waals surface area contributed by atoms with Crippen molar-refractivity contribution in [3.8, 4) is 0 Å². The smallest absolute Gasteiger partial charge is 0.0325 e. The lowest BCUT2D eigenvalue weighted by molar-refractivity contribution is 0.934. The molecule has 1 aliphatic carbocycles. The van der Waals surface area contributed by atoms with Gasteiger partial charge in [0.25, 0.3) is 0 Å². The van der Waals surface area contributed by atoms with Crippen LogP contribution in [0, 0.1) is 0 Å². The van der Waals surface area contributed by atoms with Gasteiger partial charge in [0.05, 0.1) is 0 Å². The lowest BCUT2D eigenvalue weighted by Gasteiger charge is -2.08. The normalized spacial score (nSPS) is 20.0. The summed E-state index contributed by atoms with van der Waals surface area (Å²) in [6, 6.07) is 0. The molecule has 1 rings (SSSR count). The van der Waals surface area contributed by atoms with E-state index in [0.29, 0.717) is 0 Å². The Balaban J connectivity index is 2.83. The fourth-order valence-corrected chi connectivity index (χ4v) is 2.18. The zero-order valence-corrected chi connectivity index (χ0v) is 8.57. The molecule has 0 spiro atoms. The first-order valence-corrected chi connectivity index (χ1v) is 4.57. The monoisotopic (exact) mass is 299 g/mol. The number of hydrogen-bond acceptors (Lipinski definition) is 1. The van der Waals surface area contributed by atoms with E-state index in [4.69, 9.17) is 5.73 Å². The molecule has 1 aliphatic rings. The average molecular weight is 300 g/mol. The van der Waals surface area contributed by atoms with Gasteiger partial charge in [-0.05, 0) is 46.0 Å². The second-order valence-electron chi connectivity index (χ2n) is 1.96. The summed E-state index contributed by atoms with van der Waals surface area (Å²) >= 11 is 5.67. The quantitative estimate of drug-likeness (QED) is 0.684. The Labute approximate surface area is 76.6 Å². The van der Waals surface area contributed by atoms with Crippen LogP contribution >= 0.6 is 38.5 Å². The zero-order valence-electron chi connectivity index (χ0n) is 4.82. The minimum atomic E-state index is 0.995. The average Bonchev–Trinajstić information content (AvgIpc) is 1.80. The minimum Gasteiger partial charge on any atom is -0.401 e. The Bertz CT molecular complexity index is 183. The van der Waals surface area contributed by atoms with Gasteiger partial charge in [-0.2, -0.15) is 0 Å². The minimum absolute atomic E-state index is 0.995. The van der Waals surface area contributed by atoms with E-state index >= 15 is 0 Å². The highest BCUT2D eigenvalue weighted by molar-refractivity contribution is 14.1. The molecule has 0 atom stereocenters. The maximum absolute atomic E-state index is 5.65. The SMILES string of the molecule is NC1=C(I)C=C(Br)CC1. The van der Waals surface area contributed by atoms with Crippen LogP contribution in [0.4, 0.5) is 0 Å². The summed E-state index contributed by atoms with van der Waals surface area (Å²) in [5.74, 6) is 0. The van der Waals surface area contributed by atoms with Gasteiger partial charge in [-0.15, -0.1) is 0 Å². The molecule has 1 nitrogen and oxygen atoms in total. The van der Waals surface area contributed by atoms with Crippen LogP contribution in [0.2, 0.25) is 0 Å². The fourth-order valence-electron chi connectivity index (χ4n) is 0.676. The van der Waals surface area contributed by atoms with Crippen LogP contribution in [0.5, 0.6) is 0 Å². The van der Waals surface area contributed by atoms with Gasteiger partial charge >= 0.3 is 0 Å². The first-order chi connectivity index (χ1) is 4.20. The molecule has 9 heavy (non-hydrogen) atoms. The van der Waals surface area contributed by atoms with Gasteiger partial charge in [-0.3, -0.25) is 0 Å². The van der Waals surface area contributed by atoms with Gasteiger partial charge in [0.1, 0.15) is 0 Å². The molecule has 0 aromatic carbocycles. The van der Waals surface area contributed by atoms with E-state index < -0.39 is 0 Å². The van der Waals surface area contributed by atoms with Crippen molar-refractivity contribution in [3.63, 3.8) is 0 Å². The molecule has 0 radical (unpaired) electrons. The summed E-state index contributed by atoms with van der Waals surface area (Å²) in [5.41, 5.74) is 6.66. The van der Waals surface area contributed by atoms with Crippen LogP contribution in [0.1, 0.15) is 12.8 Å². The molecule has 2 N–H and O–H groups in total. The van der Waals surface area contributed by atoms with Crippen LogP contribution in [0.25, 0.3) is 0 Å². The second-order valence-corrected chi connectivity index (χ2v) is 4.15. The van der Waals surface area contributed by atoms with Crippen molar-refractivity contribution in [1.82, 2.24) is 0 Å². The van der Waals surface area contributed by atoms with E-state index in [1.165, 1.54) is 8.06 Å². The summed E-state index contributed by atoms with van der Waals surface area (Å²) in [6.07, 6.45) is 4.12. The van der Waals surface area contributed by atoms with Crippen molar-refractivity contribution in [1.29, 1.82) is 0 Å². The number of allylic oxidation sites excluding steroid dienone is 4. The summed E-state index contributed by atoms with van der Waals surface area (Å²) in [7, 11) is 0. The molecule has 0 heterocycles. The van der Waals surface area contributed by atoms with Crippen molar-refractivity contribution in [2.45, 2.75) is 12.8 Å². The third-order valence-electron chi connectivity index (χ3n) is 1.22. The van der Waals surface area contributed by atoms with Gasteiger partial charge in [0, 0.05) is 9.28 Å². The first-order valence-electron chi connectivity index (χ1n) is 2.70. The number of hydrogen-bond donors (Lipinski definition) is 1. The Morgan fingerprint density at radius 2 is 2.22 bits per heavy atom. The molecule has 3 heteroatoms. The Morgan fingerprint density at radius 1 is 1.56 bits per heavy atom. The third kappa shape index (κ3) is 1.97. The molecule has 0 saturated heterocycles. The molecule has 50 valence electrons. The van der Waals surface area contributed by atoms with Gasteiger partial charge < -0.3 is 5.73 Å².